The maximum Gasteiger partial charge on any atom is 0.226 e. The van der Waals surface area contributed by atoms with Crippen LogP contribution in [0.25, 0.3) is 0 Å². The van der Waals surface area contributed by atoms with E-state index in [1.165, 1.54) is 0 Å². The van der Waals surface area contributed by atoms with E-state index in [2.05, 4.69) is 39.9 Å². The Hall–Kier alpha value is -0.610. The van der Waals surface area contributed by atoms with Gasteiger partial charge < -0.3 is 15.8 Å². The molecule has 0 heterocycles. The molecule has 0 aromatic heterocycles. The minimum Gasteiger partial charge on any atom is -0.375 e. The van der Waals surface area contributed by atoms with Crippen molar-refractivity contribution in [2.75, 3.05) is 19.7 Å². The number of nitrogens with two attached hydrogens (primary N) is 1. The van der Waals surface area contributed by atoms with Crippen molar-refractivity contribution in [2.24, 2.45) is 11.1 Å². The first-order valence-corrected chi connectivity index (χ1v) is 11.1. The van der Waals surface area contributed by atoms with E-state index in [0.29, 0.717) is 19.7 Å². The normalized spacial score (nSPS) is 11.0. The Morgan fingerprint density at radius 1 is 0.885 bits per heavy atom. The third-order valence-corrected chi connectivity index (χ3v) is 5.25. The molecule has 0 fully saturated rings. The number of hydrogen-bond acceptors (Lipinski definition) is 3. The van der Waals surface area contributed by atoms with Crippen LogP contribution in [0, 0.1) is 5.41 Å². The fourth-order valence-corrected chi connectivity index (χ4v) is 3.21. The number of ether oxygens (including phenoxy) is 1. The highest BCUT2D eigenvalue weighted by molar-refractivity contribution is 5.82. The second-order valence-corrected chi connectivity index (χ2v) is 6.27. The summed E-state index contributed by atoms with van der Waals surface area (Å²) in [7, 11) is 0. The Labute approximate surface area is 165 Å². The van der Waals surface area contributed by atoms with Gasteiger partial charge in [-0.25, -0.2) is 0 Å². The van der Waals surface area contributed by atoms with Crippen LogP contribution in [0.1, 0.15) is 107 Å². The zero-order chi connectivity index (χ0) is 21.1. The van der Waals surface area contributed by atoms with Crippen LogP contribution in [-0.4, -0.2) is 31.2 Å². The molecule has 0 bridgehead atoms. The van der Waals surface area contributed by atoms with Gasteiger partial charge in [0, 0.05) is 19.7 Å². The minimum absolute atomic E-state index is 0.0181. The Kier molecular flexibility index (Phi) is 22.2. The van der Waals surface area contributed by atoms with Crippen molar-refractivity contribution in [1.29, 1.82) is 0 Å². The Morgan fingerprint density at radius 2 is 1.38 bits per heavy atom. The van der Waals surface area contributed by atoms with E-state index >= 15 is 0 Å². The van der Waals surface area contributed by atoms with Gasteiger partial charge in [0.05, 0.1) is 11.0 Å². The number of nitrogens with one attached hydrogen (secondary N) is 1. The topological polar surface area (TPSA) is 64.3 Å². The molecular formula is C22H50N2O2. The lowest BCUT2D eigenvalue weighted by Gasteiger charge is -2.35. The molecular weight excluding hydrogens is 324 g/mol. The van der Waals surface area contributed by atoms with Crippen LogP contribution in [-0.2, 0) is 9.53 Å². The molecule has 160 valence electrons. The van der Waals surface area contributed by atoms with Gasteiger partial charge >= 0.3 is 0 Å². The number of hydrogen-bond donors (Lipinski definition) is 2. The largest absolute Gasteiger partial charge is 0.375 e. The Balaban J connectivity index is -0.00000123. The van der Waals surface area contributed by atoms with Crippen molar-refractivity contribution in [3.8, 4) is 0 Å². The van der Waals surface area contributed by atoms with Crippen molar-refractivity contribution in [1.82, 2.24) is 5.32 Å². The van der Waals surface area contributed by atoms with E-state index in [-0.39, 0.29) is 16.9 Å². The van der Waals surface area contributed by atoms with Crippen LogP contribution in [0.5, 0.6) is 0 Å². The lowest BCUT2D eigenvalue weighted by molar-refractivity contribution is -0.134. The van der Waals surface area contributed by atoms with Crippen LogP contribution in [0.2, 0.25) is 0 Å². The third kappa shape index (κ3) is 10.5. The van der Waals surface area contributed by atoms with Gasteiger partial charge in [0.15, 0.2) is 0 Å². The first kappa shape index (κ1) is 30.1. The summed E-state index contributed by atoms with van der Waals surface area (Å²) in [5.74, 6) is 0.126. The fraction of sp³-hybridized carbons (Fsp3) is 0.955. The average molecular weight is 375 g/mol. The van der Waals surface area contributed by atoms with Gasteiger partial charge in [-0.05, 0) is 38.5 Å². The van der Waals surface area contributed by atoms with E-state index in [0.717, 1.165) is 44.9 Å². The van der Waals surface area contributed by atoms with Gasteiger partial charge in [-0.1, -0.05) is 68.7 Å². The molecule has 26 heavy (non-hydrogen) atoms. The molecule has 4 nitrogen and oxygen atoms in total. The molecule has 0 spiro atoms. The summed E-state index contributed by atoms with van der Waals surface area (Å²) in [6, 6.07) is 0. The van der Waals surface area contributed by atoms with Crippen LogP contribution in [0.15, 0.2) is 0 Å². The second-order valence-electron chi connectivity index (χ2n) is 6.27. The molecule has 0 aliphatic carbocycles. The quantitative estimate of drug-likeness (QED) is 0.435. The highest BCUT2D eigenvalue weighted by Crippen LogP contribution is 2.33. The first-order chi connectivity index (χ1) is 12.5. The Bertz CT molecular complexity index is 299. The number of carbonyl (C=O) groups is 1. The summed E-state index contributed by atoms with van der Waals surface area (Å²) in [4.78, 5) is 12.5. The van der Waals surface area contributed by atoms with E-state index in [4.69, 9.17) is 10.5 Å². The van der Waals surface area contributed by atoms with Crippen molar-refractivity contribution in [3.05, 3.63) is 0 Å². The summed E-state index contributed by atoms with van der Waals surface area (Å²) in [5, 5.41) is 2.96. The van der Waals surface area contributed by atoms with Crippen molar-refractivity contribution in [3.63, 3.8) is 0 Å². The average Bonchev–Trinajstić information content (AvgIpc) is 2.72. The number of carbonyl (C=O) groups excluding carboxylic acids is 1. The standard InChI is InChI=1S/C18H38N2O2.2C2H6/c1-6-11-18(9-4,10-5)22-15-12-17(7-2,8-3)16(21)20-14-13-19;2*1-2/h6-15,19H2,1-5H3,(H,20,21);2*1-2H3. The summed E-state index contributed by atoms with van der Waals surface area (Å²) in [6.07, 6.45) is 6.73. The molecule has 0 unspecified atom stereocenters. The monoisotopic (exact) mass is 374 g/mol. The smallest absolute Gasteiger partial charge is 0.226 e. The van der Waals surface area contributed by atoms with Gasteiger partial charge in [0.1, 0.15) is 0 Å². The maximum atomic E-state index is 12.5. The second kappa shape index (κ2) is 19.2. The molecule has 0 rings (SSSR count). The van der Waals surface area contributed by atoms with E-state index in [9.17, 15) is 4.79 Å². The molecule has 0 aliphatic heterocycles. The molecule has 0 aromatic carbocycles. The van der Waals surface area contributed by atoms with Gasteiger partial charge in [0.2, 0.25) is 5.91 Å². The molecule has 0 radical (unpaired) electrons. The summed E-state index contributed by atoms with van der Waals surface area (Å²) in [5.41, 5.74) is 5.15. The summed E-state index contributed by atoms with van der Waals surface area (Å²) >= 11 is 0. The predicted octanol–water partition coefficient (Wildman–Crippen LogP) is 5.69. The number of rotatable bonds is 13. The molecule has 0 atom stereocenters. The SMILES string of the molecule is CC.CC.CCCC(CC)(CC)OCCC(CC)(CC)C(=O)NCCN. The molecule has 0 aliphatic rings. The van der Waals surface area contributed by atoms with Crippen LogP contribution in [0.4, 0.5) is 0 Å². The zero-order valence-electron chi connectivity index (χ0n) is 19.5. The highest BCUT2D eigenvalue weighted by Gasteiger charge is 2.35. The van der Waals surface area contributed by atoms with Crippen molar-refractivity contribution < 1.29 is 9.53 Å². The lowest BCUT2D eigenvalue weighted by Crippen LogP contribution is -2.43. The van der Waals surface area contributed by atoms with Crippen LogP contribution in [0.3, 0.4) is 0 Å². The third-order valence-electron chi connectivity index (χ3n) is 5.25. The van der Waals surface area contributed by atoms with Crippen molar-refractivity contribution in [2.45, 2.75) is 113 Å². The van der Waals surface area contributed by atoms with Gasteiger partial charge in [-0.3, -0.25) is 4.79 Å². The first-order valence-electron chi connectivity index (χ1n) is 11.1. The maximum absolute atomic E-state index is 12.5. The van der Waals surface area contributed by atoms with Crippen molar-refractivity contribution >= 4 is 5.91 Å². The van der Waals surface area contributed by atoms with E-state index < -0.39 is 0 Å². The van der Waals surface area contributed by atoms with E-state index in [1.807, 2.05) is 27.7 Å². The molecule has 3 N–H and O–H groups in total. The molecule has 0 saturated heterocycles. The Morgan fingerprint density at radius 3 is 1.73 bits per heavy atom. The summed E-state index contributed by atoms with van der Waals surface area (Å²) < 4.78 is 6.28. The molecule has 4 heteroatoms. The van der Waals surface area contributed by atoms with Gasteiger partial charge in [-0.2, -0.15) is 0 Å². The summed E-state index contributed by atoms with van der Waals surface area (Å²) in [6.45, 7) is 20.4. The molecule has 0 aromatic rings. The minimum atomic E-state index is -0.325. The molecule has 0 saturated carbocycles. The number of amides is 1. The fourth-order valence-electron chi connectivity index (χ4n) is 3.21. The zero-order valence-corrected chi connectivity index (χ0v) is 19.5. The predicted molar refractivity (Wildman–Crippen MR) is 117 cm³/mol. The van der Waals surface area contributed by atoms with Crippen LogP contribution >= 0.6 is 0 Å². The van der Waals surface area contributed by atoms with Gasteiger partial charge in [-0.15, -0.1) is 0 Å². The van der Waals surface area contributed by atoms with E-state index in [1.54, 1.807) is 0 Å². The van der Waals surface area contributed by atoms with Gasteiger partial charge in [0.25, 0.3) is 0 Å². The highest BCUT2D eigenvalue weighted by atomic mass is 16.5. The molecule has 1 amide bonds. The van der Waals surface area contributed by atoms with Crippen LogP contribution < -0.4 is 11.1 Å². The lowest BCUT2D eigenvalue weighted by atomic mass is 9.78.